The fourth-order valence-corrected chi connectivity index (χ4v) is 1.75. The molecule has 2 rings (SSSR count). The van der Waals surface area contributed by atoms with Crippen molar-refractivity contribution < 1.29 is 4.42 Å². The van der Waals surface area contributed by atoms with E-state index in [0.717, 1.165) is 30.2 Å². The van der Waals surface area contributed by atoms with Gasteiger partial charge in [0.15, 0.2) is 0 Å². The van der Waals surface area contributed by atoms with Crippen molar-refractivity contribution in [3.8, 4) is 0 Å². The molecule has 17 heavy (non-hydrogen) atoms. The molecule has 2 heterocycles. The first kappa shape index (κ1) is 11.7. The zero-order valence-electron chi connectivity index (χ0n) is 9.97. The van der Waals surface area contributed by atoms with Crippen LogP contribution >= 0.6 is 0 Å². The molecular weight excluding hydrogens is 214 g/mol. The van der Waals surface area contributed by atoms with Crippen LogP contribution in [-0.4, -0.2) is 11.5 Å². The van der Waals surface area contributed by atoms with Crippen LogP contribution in [0.4, 0.5) is 5.69 Å². The SMILES string of the molecule is CCN(Cc1ccco1)c1ccnc(CN)c1. The van der Waals surface area contributed by atoms with Crippen LogP contribution in [0.25, 0.3) is 0 Å². The molecule has 0 radical (unpaired) electrons. The Morgan fingerprint density at radius 3 is 2.94 bits per heavy atom. The lowest BCUT2D eigenvalue weighted by Crippen LogP contribution is -2.22. The molecule has 4 nitrogen and oxygen atoms in total. The Morgan fingerprint density at radius 1 is 1.41 bits per heavy atom. The highest BCUT2D eigenvalue weighted by Crippen LogP contribution is 2.17. The van der Waals surface area contributed by atoms with Crippen LogP contribution in [-0.2, 0) is 13.1 Å². The van der Waals surface area contributed by atoms with E-state index in [1.807, 2.05) is 24.3 Å². The van der Waals surface area contributed by atoms with E-state index in [0.29, 0.717) is 6.54 Å². The highest BCUT2D eigenvalue weighted by atomic mass is 16.3. The molecule has 0 fully saturated rings. The third-order valence-corrected chi connectivity index (χ3v) is 2.68. The van der Waals surface area contributed by atoms with Crippen molar-refractivity contribution in [1.82, 2.24) is 4.98 Å². The minimum Gasteiger partial charge on any atom is -0.467 e. The summed E-state index contributed by atoms with van der Waals surface area (Å²) in [6.45, 7) is 4.25. The van der Waals surface area contributed by atoms with Gasteiger partial charge >= 0.3 is 0 Å². The Labute approximate surface area is 101 Å². The lowest BCUT2D eigenvalue weighted by molar-refractivity contribution is 0.503. The predicted molar refractivity (Wildman–Crippen MR) is 67.6 cm³/mol. The van der Waals surface area contributed by atoms with E-state index in [4.69, 9.17) is 10.2 Å². The Morgan fingerprint density at radius 2 is 2.29 bits per heavy atom. The number of pyridine rings is 1. The van der Waals surface area contributed by atoms with E-state index >= 15 is 0 Å². The summed E-state index contributed by atoms with van der Waals surface area (Å²) in [6.07, 6.45) is 3.49. The minimum absolute atomic E-state index is 0.464. The summed E-state index contributed by atoms with van der Waals surface area (Å²) in [6, 6.07) is 7.90. The first-order valence-corrected chi connectivity index (χ1v) is 5.75. The predicted octanol–water partition coefficient (Wildman–Crippen LogP) is 2.16. The molecule has 0 aliphatic rings. The largest absolute Gasteiger partial charge is 0.467 e. The van der Waals surface area contributed by atoms with Crippen molar-refractivity contribution in [3.05, 3.63) is 48.2 Å². The number of hydrogen-bond acceptors (Lipinski definition) is 4. The molecule has 0 aromatic carbocycles. The Bertz CT molecular complexity index is 453. The standard InChI is InChI=1S/C13H17N3O/c1-2-16(10-13-4-3-7-17-13)12-5-6-15-11(8-12)9-14/h3-8H,2,9-10,14H2,1H3. The molecule has 4 heteroatoms. The number of aromatic nitrogens is 1. The van der Waals surface area contributed by atoms with Gasteiger partial charge in [0.25, 0.3) is 0 Å². The summed E-state index contributed by atoms with van der Waals surface area (Å²) in [5, 5.41) is 0. The average molecular weight is 231 g/mol. The smallest absolute Gasteiger partial charge is 0.123 e. The molecule has 0 spiro atoms. The van der Waals surface area contributed by atoms with Crippen molar-refractivity contribution >= 4 is 5.69 Å². The van der Waals surface area contributed by atoms with Crippen LogP contribution in [0.1, 0.15) is 18.4 Å². The molecule has 2 aromatic heterocycles. The summed E-state index contributed by atoms with van der Waals surface area (Å²) in [5.74, 6) is 0.956. The highest BCUT2D eigenvalue weighted by Gasteiger charge is 2.07. The molecule has 90 valence electrons. The third kappa shape index (κ3) is 2.85. The van der Waals surface area contributed by atoms with Gasteiger partial charge < -0.3 is 15.1 Å². The lowest BCUT2D eigenvalue weighted by atomic mass is 10.2. The summed E-state index contributed by atoms with van der Waals surface area (Å²) in [7, 11) is 0. The fraction of sp³-hybridized carbons (Fsp3) is 0.308. The van der Waals surface area contributed by atoms with Gasteiger partial charge in [-0.2, -0.15) is 0 Å². The van der Waals surface area contributed by atoms with Crippen LogP contribution in [0.15, 0.2) is 41.1 Å². The molecule has 0 bridgehead atoms. The number of furan rings is 1. The second-order valence-electron chi connectivity index (χ2n) is 3.80. The van der Waals surface area contributed by atoms with Gasteiger partial charge in [-0.25, -0.2) is 0 Å². The van der Waals surface area contributed by atoms with Gasteiger partial charge in [-0.1, -0.05) is 0 Å². The van der Waals surface area contributed by atoms with Gasteiger partial charge in [-0.15, -0.1) is 0 Å². The summed E-state index contributed by atoms with van der Waals surface area (Å²) >= 11 is 0. The zero-order valence-corrected chi connectivity index (χ0v) is 9.97. The van der Waals surface area contributed by atoms with Crippen molar-refractivity contribution in [2.24, 2.45) is 5.73 Å². The number of nitrogens with zero attached hydrogens (tertiary/aromatic N) is 2. The minimum atomic E-state index is 0.464. The Hall–Kier alpha value is -1.81. The molecule has 0 unspecified atom stereocenters. The van der Waals surface area contributed by atoms with Gasteiger partial charge in [0.05, 0.1) is 18.5 Å². The van der Waals surface area contributed by atoms with E-state index in [9.17, 15) is 0 Å². The molecule has 0 aliphatic carbocycles. The van der Waals surface area contributed by atoms with Gasteiger partial charge in [-0.05, 0) is 31.2 Å². The number of rotatable bonds is 5. The van der Waals surface area contributed by atoms with Crippen LogP contribution in [0.5, 0.6) is 0 Å². The van der Waals surface area contributed by atoms with E-state index in [2.05, 4.69) is 16.8 Å². The van der Waals surface area contributed by atoms with Gasteiger partial charge in [0, 0.05) is 25.0 Å². The third-order valence-electron chi connectivity index (χ3n) is 2.68. The van der Waals surface area contributed by atoms with Crippen LogP contribution < -0.4 is 10.6 Å². The zero-order chi connectivity index (χ0) is 12.1. The topological polar surface area (TPSA) is 55.3 Å². The lowest BCUT2D eigenvalue weighted by Gasteiger charge is -2.22. The molecule has 0 amide bonds. The first-order valence-electron chi connectivity index (χ1n) is 5.75. The van der Waals surface area contributed by atoms with E-state index in [-0.39, 0.29) is 0 Å². The molecule has 0 aliphatic heterocycles. The Balaban J connectivity index is 2.16. The maximum absolute atomic E-state index is 5.60. The highest BCUT2D eigenvalue weighted by molar-refractivity contribution is 5.46. The second kappa shape index (κ2) is 5.50. The number of anilines is 1. The average Bonchev–Trinajstić information content (AvgIpc) is 2.89. The number of hydrogen-bond donors (Lipinski definition) is 1. The van der Waals surface area contributed by atoms with Crippen molar-refractivity contribution in [1.29, 1.82) is 0 Å². The maximum atomic E-state index is 5.60. The molecule has 2 N–H and O–H groups in total. The van der Waals surface area contributed by atoms with Crippen molar-refractivity contribution in [3.63, 3.8) is 0 Å². The van der Waals surface area contributed by atoms with Crippen LogP contribution in [0, 0.1) is 0 Å². The Kier molecular flexibility index (Phi) is 3.77. The van der Waals surface area contributed by atoms with Crippen LogP contribution in [0.3, 0.4) is 0 Å². The summed E-state index contributed by atoms with van der Waals surface area (Å²) < 4.78 is 5.36. The fourth-order valence-electron chi connectivity index (χ4n) is 1.75. The van der Waals surface area contributed by atoms with E-state index in [1.165, 1.54) is 0 Å². The molecular formula is C13H17N3O. The molecule has 0 saturated heterocycles. The number of nitrogens with two attached hydrogens (primary N) is 1. The molecule has 2 aromatic rings. The molecule has 0 saturated carbocycles. The first-order chi connectivity index (χ1) is 8.33. The van der Waals surface area contributed by atoms with Gasteiger partial charge in [-0.3, -0.25) is 4.98 Å². The summed E-state index contributed by atoms with van der Waals surface area (Å²) in [5.41, 5.74) is 7.62. The normalized spacial score (nSPS) is 10.5. The van der Waals surface area contributed by atoms with E-state index < -0.39 is 0 Å². The van der Waals surface area contributed by atoms with Crippen molar-refractivity contribution in [2.75, 3.05) is 11.4 Å². The van der Waals surface area contributed by atoms with E-state index in [1.54, 1.807) is 12.5 Å². The van der Waals surface area contributed by atoms with Crippen LogP contribution in [0.2, 0.25) is 0 Å². The second-order valence-corrected chi connectivity index (χ2v) is 3.80. The van der Waals surface area contributed by atoms with Crippen molar-refractivity contribution in [2.45, 2.75) is 20.0 Å². The quantitative estimate of drug-likeness (QED) is 0.856. The molecule has 0 atom stereocenters. The van der Waals surface area contributed by atoms with Gasteiger partial charge in [0.2, 0.25) is 0 Å². The summed E-state index contributed by atoms with van der Waals surface area (Å²) in [4.78, 5) is 6.42. The monoisotopic (exact) mass is 231 g/mol. The maximum Gasteiger partial charge on any atom is 0.123 e. The van der Waals surface area contributed by atoms with Gasteiger partial charge in [0.1, 0.15) is 5.76 Å².